The summed E-state index contributed by atoms with van der Waals surface area (Å²) in [6.45, 7) is -0.368. The van der Waals surface area contributed by atoms with Gasteiger partial charge in [-0.2, -0.15) is 0 Å². The molecule has 0 spiro atoms. The van der Waals surface area contributed by atoms with Crippen molar-refractivity contribution in [3.05, 3.63) is 0 Å². The van der Waals surface area contributed by atoms with Gasteiger partial charge >= 0.3 is 5.97 Å². The van der Waals surface area contributed by atoms with Crippen molar-refractivity contribution in [2.24, 2.45) is 5.73 Å². The number of aliphatic hydroxyl groups excluding tert-OH is 1. The van der Waals surface area contributed by atoms with Gasteiger partial charge in [0.15, 0.2) is 0 Å². The fourth-order valence-corrected chi connectivity index (χ4v) is 0.226. The van der Waals surface area contributed by atoms with Crippen LogP contribution in [0.5, 0.6) is 0 Å². The first kappa shape index (κ1) is 11.5. The van der Waals surface area contributed by atoms with E-state index in [2.05, 4.69) is 4.74 Å². The van der Waals surface area contributed by atoms with Gasteiger partial charge in [0.25, 0.3) is 0 Å². The molecule has 3 N–H and O–H groups in total. The number of rotatable bonds is 2. The maximum Gasteiger partial charge on any atom is 0.325 e. The van der Waals surface area contributed by atoms with Crippen molar-refractivity contribution in [1.82, 2.24) is 0 Å². The van der Waals surface area contributed by atoms with Crippen LogP contribution in [0.25, 0.3) is 0 Å². The summed E-state index contributed by atoms with van der Waals surface area (Å²) in [4.78, 5) is 10.2. The van der Waals surface area contributed by atoms with Crippen molar-refractivity contribution in [3.63, 3.8) is 0 Å². The molecule has 0 aliphatic rings. The Balaban J connectivity index is 0. The first-order chi connectivity index (χ1) is 3.72. The molecule has 0 amide bonds. The highest BCUT2D eigenvalue weighted by molar-refractivity contribution is 5.85. The fraction of sp³-hybridized carbons (Fsp3) is 0.750. The van der Waals surface area contributed by atoms with Crippen molar-refractivity contribution < 1.29 is 14.6 Å². The molecule has 0 aliphatic carbocycles. The van der Waals surface area contributed by atoms with E-state index in [0.29, 0.717) is 0 Å². The lowest BCUT2D eigenvalue weighted by molar-refractivity contribution is -0.143. The van der Waals surface area contributed by atoms with Crippen molar-refractivity contribution in [1.29, 1.82) is 0 Å². The van der Waals surface area contributed by atoms with E-state index in [0.717, 1.165) is 0 Å². The normalized spacial score (nSPS) is 11.4. The smallest absolute Gasteiger partial charge is 0.325 e. The summed E-state index contributed by atoms with van der Waals surface area (Å²) in [7, 11) is 1.22. The van der Waals surface area contributed by atoms with Gasteiger partial charge < -0.3 is 15.6 Å². The van der Waals surface area contributed by atoms with Crippen molar-refractivity contribution in [3.8, 4) is 0 Å². The minimum Gasteiger partial charge on any atom is -0.468 e. The summed E-state index contributed by atoms with van der Waals surface area (Å²) in [5, 5.41) is 8.21. The van der Waals surface area contributed by atoms with E-state index in [4.69, 9.17) is 10.8 Å². The van der Waals surface area contributed by atoms with Gasteiger partial charge in [0, 0.05) is 0 Å². The van der Waals surface area contributed by atoms with Gasteiger partial charge in [-0.05, 0) is 0 Å². The van der Waals surface area contributed by atoms with E-state index in [1.165, 1.54) is 7.11 Å². The lowest BCUT2D eigenvalue weighted by Gasteiger charge is -2.02. The van der Waals surface area contributed by atoms with Crippen LogP contribution in [0.1, 0.15) is 0 Å². The molecule has 0 aliphatic heterocycles. The molecule has 0 saturated carbocycles. The second-order valence-electron chi connectivity index (χ2n) is 1.31. The van der Waals surface area contributed by atoms with Crippen LogP contribution in [0.3, 0.4) is 0 Å². The monoisotopic (exact) mass is 155 g/mol. The van der Waals surface area contributed by atoms with Gasteiger partial charge in [-0.3, -0.25) is 4.79 Å². The van der Waals surface area contributed by atoms with Crippen LogP contribution in [0.4, 0.5) is 0 Å². The molecule has 0 radical (unpaired) electrons. The molecular weight excluding hydrogens is 146 g/mol. The highest BCUT2D eigenvalue weighted by atomic mass is 35.5. The van der Waals surface area contributed by atoms with Crippen LogP contribution >= 0.6 is 12.4 Å². The van der Waals surface area contributed by atoms with Gasteiger partial charge in [0.1, 0.15) is 6.04 Å². The number of aliphatic hydroxyl groups is 1. The van der Waals surface area contributed by atoms with Crippen LogP contribution < -0.4 is 5.73 Å². The maximum atomic E-state index is 10.2. The predicted octanol–water partition coefficient (Wildman–Crippen LogP) is -1.10. The summed E-state index contributed by atoms with van der Waals surface area (Å²) >= 11 is 0. The number of esters is 1. The van der Waals surface area contributed by atoms with E-state index in [1.54, 1.807) is 0 Å². The third kappa shape index (κ3) is 4.20. The summed E-state index contributed by atoms with van der Waals surface area (Å²) < 4.78 is 4.18. The van der Waals surface area contributed by atoms with Crippen LogP contribution in [-0.2, 0) is 9.53 Å². The van der Waals surface area contributed by atoms with Crippen LogP contribution in [0, 0.1) is 0 Å². The quantitative estimate of drug-likeness (QED) is 0.497. The number of hydrogen-bond acceptors (Lipinski definition) is 4. The van der Waals surface area contributed by atoms with Gasteiger partial charge in [0.2, 0.25) is 0 Å². The summed E-state index contributed by atoms with van der Waals surface area (Å²) in [6.07, 6.45) is 0. The SMILES string of the molecule is COC(=O)[C@H](N)CO.Cl. The predicted molar refractivity (Wildman–Crippen MR) is 34.3 cm³/mol. The highest BCUT2D eigenvalue weighted by Gasteiger charge is 2.10. The zero-order chi connectivity index (χ0) is 6.57. The van der Waals surface area contributed by atoms with Crippen molar-refractivity contribution in [2.45, 2.75) is 6.04 Å². The number of ether oxygens (including phenoxy) is 1. The Labute approximate surface area is 59.4 Å². The average molecular weight is 156 g/mol. The minimum atomic E-state index is -0.889. The van der Waals surface area contributed by atoms with E-state index < -0.39 is 12.0 Å². The molecule has 5 heteroatoms. The molecule has 1 atom stereocenters. The molecule has 0 aromatic heterocycles. The summed E-state index contributed by atoms with van der Waals surface area (Å²) in [6, 6.07) is -0.889. The Morgan fingerprint density at radius 2 is 2.33 bits per heavy atom. The van der Waals surface area contributed by atoms with E-state index in [-0.39, 0.29) is 19.0 Å². The lowest BCUT2D eigenvalue weighted by Crippen LogP contribution is -2.34. The maximum absolute atomic E-state index is 10.2. The van der Waals surface area contributed by atoms with Gasteiger partial charge in [0.05, 0.1) is 13.7 Å². The van der Waals surface area contributed by atoms with Gasteiger partial charge in [-0.25, -0.2) is 0 Å². The largest absolute Gasteiger partial charge is 0.468 e. The molecule has 0 rings (SSSR count). The van der Waals surface area contributed by atoms with Crippen molar-refractivity contribution >= 4 is 18.4 Å². The zero-order valence-electron chi connectivity index (χ0n) is 5.03. The molecule has 0 aromatic rings. The second-order valence-corrected chi connectivity index (χ2v) is 1.31. The Morgan fingerprint density at radius 3 is 2.44 bits per heavy atom. The molecule has 0 unspecified atom stereocenters. The van der Waals surface area contributed by atoms with E-state index in [1.807, 2.05) is 0 Å². The molecule has 0 fully saturated rings. The zero-order valence-corrected chi connectivity index (χ0v) is 5.85. The molecule has 0 saturated heterocycles. The number of carbonyl (C=O) groups excluding carboxylic acids is 1. The van der Waals surface area contributed by atoms with Gasteiger partial charge in [-0.1, -0.05) is 0 Å². The third-order valence-corrected chi connectivity index (χ3v) is 0.701. The first-order valence-corrected chi connectivity index (χ1v) is 2.16. The minimum absolute atomic E-state index is 0. The van der Waals surface area contributed by atoms with Crippen LogP contribution in [0.2, 0.25) is 0 Å². The Morgan fingerprint density at radius 1 is 1.89 bits per heavy atom. The number of halogens is 1. The van der Waals surface area contributed by atoms with Crippen LogP contribution in [0.15, 0.2) is 0 Å². The molecule has 0 aromatic carbocycles. The second kappa shape index (κ2) is 5.81. The average Bonchev–Trinajstić information content (AvgIpc) is 1.84. The Bertz CT molecular complexity index is 87.9. The van der Waals surface area contributed by atoms with Crippen LogP contribution in [-0.4, -0.2) is 30.8 Å². The summed E-state index contributed by atoms with van der Waals surface area (Å²) in [5.74, 6) is -0.590. The lowest BCUT2D eigenvalue weighted by atomic mass is 10.3. The summed E-state index contributed by atoms with van der Waals surface area (Å²) in [5.41, 5.74) is 5.00. The molecule has 56 valence electrons. The van der Waals surface area contributed by atoms with E-state index in [9.17, 15) is 4.79 Å². The Kier molecular flexibility index (Phi) is 7.41. The highest BCUT2D eigenvalue weighted by Crippen LogP contribution is 1.78. The Hall–Kier alpha value is -0.320. The number of methoxy groups -OCH3 is 1. The van der Waals surface area contributed by atoms with Gasteiger partial charge in [-0.15, -0.1) is 12.4 Å². The topological polar surface area (TPSA) is 72.5 Å². The molecule has 4 nitrogen and oxygen atoms in total. The number of hydrogen-bond donors (Lipinski definition) is 2. The standard InChI is InChI=1S/C4H9NO3.ClH/c1-8-4(7)3(5)2-6;/h3,6H,2,5H2,1H3;1H/t3-;/m1./s1. The molecule has 9 heavy (non-hydrogen) atoms. The molecule has 0 bridgehead atoms. The number of carbonyl (C=O) groups is 1. The molecule has 0 heterocycles. The molecular formula is C4H10ClNO3. The van der Waals surface area contributed by atoms with Crippen molar-refractivity contribution in [2.75, 3.05) is 13.7 Å². The fourth-order valence-electron chi connectivity index (χ4n) is 0.226. The first-order valence-electron chi connectivity index (χ1n) is 2.16. The number of nitrogens with two attached hydrogens (primary N) is 1. The third-order valence-electron chi connectivity index (χ3n) is 0.701. The van der Waals surface area contributed by atoms with E-state index >= 15 is 0 Å².